The summed E-state index contributed by atoms with van der Waals surface area (Å²) in [5, 5.41) is 10.7. The van der Waals surface area contributed by atoms with E-state index in [2.05, 4.69) is 15.7 Å². The van der Waals surface area contributed by atoms with Crippen LogP contribution >= 0.6 is 11.6 Å². The normalized spacial score (nSPS) is 26.1. The fourth-order valence-corrected chi connectivity index (χ4v) is 4.19. The molecule has 7 nitrogen and oxygen atoms in total. The monoisotopic (exact) mass is 360 g/mol. The number of hydrogen-bond acceptors (Lipinski definition) is 6. The zero-order valence-electron chi connectivity index (χ0n) is 12.8. The first-order valence-corrected chi connectivity index (χ1v) is 9.59. The first-order valence-electron chi connectivity index (χ1n) is 7.83. The highest BCUT2D eigenvalue weighted by atomic mass is 35.5. The van der Waals surface area contributed by atoms with Gasteiger partial charge in [0.1, 0.15) is 5.02 Å². The Bertz CT molecular complexity index is 633. The van der Waals surface area contributed by atoms with Crippen molar-refractivity contribution < 1.29 is 8.95 Å². The Morgan fingerprint density at radius 3 is 3.00 bits per heavy atom. The molecule has 0 bridgehead atoms. The standard InChI is InChI=1S/C14H21ClN4O3S/c15-13-12(17-7-11-9-22-5-6-23(11)21)8-18-19(14(13)20)10-1-3-16-4-2-10/h8,10-11,16-17H,1-7,9H2. The fourth-order valence-electron chi connectivity index (χ4n) is 2.85. The van der Waals surface area contributed by atoms with Crippen molar-refractivity contribution >= 4 is 28.1 Å². The number of halogens is 1. The SMILES string of the molecule is O=c1c(Cl)c(NCC2COCCS2=O)cnn1C1CCNCC1. The average Bonchev–Trinajstić information content (AvgIpc) is 2.58. The van der Waals surface area contributed by atoms with Crippen molar-refractivity contribution in [3.63, 3.8) is 0 Å². The lowest BCUT2D eigenvalue weighted by Gasteiger charge is -2.24. The van der Waals surface area contributed by atoms with Gasteiger partial charge < -0.3 is 15.4 Å². The summed E-state index contributed by atoms with van der Waals surface area (Å²) in [7, 11) is -0.913. The number of nitrogens with one attached hydrogen (secondary N) is 2. The van der Waals surface area contributed by atoms with Crippen molar-refractivity contribution in [1.82, 2.24) is 15.1 Å². The van der Waals surface area contributed by atoms with E-state index in [-0.39, 0.29) is 21.9 Å². The largest absolute Gasteiger partial charge is 0.381 e. The van der Waals surface area contributed by atoms with Crippen LogP contribution in [0, 0.1) is 0 Å². The molecule has 128 valence electrons. The molecule has 0 saturated carbocycles. The molecule has 1 aromatic rings. The third-order valence-corrected chi connectivity index (χ3v) is 6.20. The quantitative estimate of drug-likeness (QED) is 0.807. The van der Waals surface area contributed by atoms with E-state index >= 15 is 0 Å². The van der Waals surface area contributed by atoms with Crippen molar-refractivity contribution in [3.05, 3.63) is 21.6 Å². The number of ether oxygens (including phenoxy) is 1. The second-order valence-corrected chi connectivity index (χ2v) is 7.98. The number of aromatic nitrogens is 2. The molecule has 3 rings (SSSR count). The Morgan fingerprint density at radius 1 is 1.48 bits per heavy atom. The Hall–Kier alpha value is -0.960. The Morgan fingerprint density at radius 2 is 2.26 bits per heavy atom. The van der Waals surface area contributed by atoms with Gasteiger partial charge in [-0.3, -0.25) is 9.00 Å². The molecule has 2 aliphatic rings. The molecule has 9 heteroatoms. The van der Waals surface area contributed by atoms with Crippen molar-refractivity contribution in [1.29, 1.82) is 0 Å². The highest BCUT2D eigenvalue weighted by Gasteiger charge is 2.23. The molecule has 0 aliphatic carbocycles. The third kappa shape index (κ3) is 3.93. The summed E-state index contributed by atoms with van der Waals surface area (Å²) in [5.74, 6) is 0.551. The predicted molar refractivity (Wildman–Crippen MR) is 90.8 cm³/mol. The van der Waals surface area contributed by atoms with Crippen LogP contribution in [-0.2, 0) is 15.5 Å². The van der Waals surface area contributed by atoms with E-state index in [4.69, 9.17) is 16.3 Å². The lowest BCUT2D eigenvalue weighted by molar-refractivity contribution is 0.142. The molecule has 2 aliphatic heterocycles. The van der Waals surface area contributed by atoms with Gasteiger partial charge in [-0.05, 0) is 25.9 Å². The van der Waals surface area contributed by atoms with Gasteiger partial charge in [-0.15, -0.1) is 0 Å². The topological polar surface area (TPSA) is 85.2 Å². The van der Waals surface area contributed by atoms with Crippen LogP contribution in [-0.4, -0.2) is 57.8 Å². The van der Waals surface area contributed by atoms with Crippen LogP contribution in [0.2, 0.25) is 5.02 Å². The van der Waals surface area contributed by atoms with Gasteiger partial charge in [0.2, 0.25) is 0 Å². The van der Waals surface area contributed by atoms with Crippen molar-refractivity contribution in [3.8, 4) is 0 Å². The summed E-state index contributed by atoms with van der Waals surface area (Å²) >= 11 is 6.21. The average molecular weight is 361 g/mol. The number of nitrogens with zero attached hydrogens (tertiary/aromatic N) is 2. The fraction of sp³-hybridized carbons (Fsp3) is 0.714. The third-order valence-electron chi connectivity index (χ3n) is 4.22. The first-order chi connectivity index (χ1) is 11.2. The first kappa shape index (κ1) is 16.9. The van der Waals surface area contributed by atoms with Gasteiger partial charge in [-0.2, -0.15) is 5.10 Å². The molecule has 0 radical (unpaired) electrons. The Labute approximate surface area is 142 Å². The van der Waals surface area contributed by atoms with Gasteiger partial charge >= 0.3 is 0 Å². The van der Waals surface area contributed by atoms with Crippen molar-refractivity contribution in [2.24, 2.45) is 0 Å². The van der Waals surface area contributed by atoms with Crippen LogP contribution in [0.25, 0.3) is 0 Å². The van der Waals surface area contributed by atoms with Gasteiger partial charge in [0.05, 0.1) is 36.4 Å². The van der Waals surface area contributed by atoms with Crippen LogP contribution in [0.4, 0.5) is 5.69 Å². The van der Waals surface area contributed by atoms with Crippen LogP contribution in [0.1, 0.15) is 18.9 Å². The molecule has 0 amide bonds. The van der Waals surface area contributed by atoms with E-state index in [0.717, 1.165) is 25.9 Å². The molecule has 0 spiro atoms. The summed E-state index contributed by atoms with van der Waals surface area (Å²) in [5.41, 5.74) is 0.217. The molecule has 2 atom stereocenters. The summed E-state index contributed by atoms with van der Waals surface area (Å²) in [6, 6.07) is 0.0922. The van der Waals surface area contributed by atoms with E-state index in [1.165, 1.54) is 4.68 Å². The molecule has 0 aromatic carbocycles. The molecular weight excluding hydrogens is 340 g/mol. The highest BCUT2D eigenvalue weighted by molar-refractivity contribution is 7.85. The number of rotatable bonds is 4. The lowest BCUT2D eigenvalue weighted by atomic mass is 10.1. The molecule has 1 aromatic heterocycles. The van der Waals surface area contributed by atoms with Gasteiger partial charge in [0.25, 0.3) is 5.56 Å². The number of hydrogen-bond donors (Lipinski definition) is 2. The van der Waals surface area contributed by atoms with Gasteiger partial charge in [0, 0.05) is 23.1 Å². The molecule has 23 heavy (non-hydrogen) atoms. The summed E-state index contributed by atoms with van der Waals surface area (Å²) in [6.07, 6.45) is 3.32. The minimum atomic E-state index is -0.913. The van der Waals surface area contributed by atoms with Gasteiger partial charge in [-0.1, -0.05) is 11.6 Å². The van der Waals surface area contributed by atoms with Crippen LogP contribution in [0.3, 0.4) is 0 Å². The smallest absolute Gasteiger partial charge is 0.287 e. The maximum atomic E-state index is 12.4. The maximum absolute atomic E-state index is 12.4. The highest BCUT2D eigenvalue weighted by Crippen LogP contribution is 2.20. The minimum absolute atomic E-state index is 0.0910. The molecule has 2 saturated heterocycles. The van der Waals surface area contributed by atoms with E-state index in [1.54, 1.807) is 6.20 Å². The summed E-state index contributed by atoms with van der Waals surface area (Å²) in [6.45, 7) is 3.20. The van der Waals surface area contributed by atoms with Gasteiger partial charge in [0.15, 0.2) is 0 Å². The van der Waals surface area contributed by atoms with E-state index < -0.39 is 10.8 Å². The molecule has 3 heterocycles. The second kappa shape index (κ2) is 7.74. The molecular formula is C14H21ClN4O3S. The molecule has 2 unspecified atom stereocenters. The summed E-state index contributed by atoms with van der Waals surface area (Å²) < 4.78 is 18.7. The number of piperidine rings is 1. The molecule has 2 fully saturated rings. The minimum Gasteiger partial charge on any atom is -0.381 e. The van der Waals surface area contributed by atoms with E-state index in [0.29, 0.717) is 31.2 Å². The van der Waals surface area contributed by atoms with E-state index in [1.807, 2.05) is 0 Å². The zero-order valence-corrected chi connectivity index (χ0v) is 14.4. The zero-order chi connectivity index (χ0) is 16.2. The second-order valence-electron chi connectivity index (χ2n) is 5.77. The van der Waals surface area contributed by atoms with Gasteiger partial charge in [-0.25, -0.2) is 4.68 Å². The Balaban J connectivity index is 1.69. The van der Waals surface area contributed by atoms with Crippen LogP contribution in [0.15, 0.2) is 11.0 Å². The maximum Gasteiger partial charge on any atom is 0.287 e. The van der Waals surface area contributed by atoms with Crippen LogP contribution in [0.5, 0.6) is 0 Å². The van der Waals surface area contributed by atoms with E-state index in [9.17, 15) is 9.00 Å². The van der Waals surface area contributed by atoms with Crippen LogP contribution < -0.4 is 16.2 Å². The Kier molecular flexibility index (Phi) is 5.68. The van der Waals surface area contributed by atoms with Crippen molar-refractivity contribution in [2.75, 3.05) is 43.9 Å². The number of anilines is 1. The molecule has 2 N–H and O–H groups in total. The lowest BCUT2D eigenvalue weighted by Crippen LogP contribution is -2.38. The predicted octanol–water partition coefficient (Wildman–Crippen LogP) is 0.381. The summed E-state index contributed by atoms with van der Waals surface area (Å²) in [4.78, 5) is 12.4. The van der Waals surface area contributed by atoms with Crippen molar-refractivity contribution in [2.45, 2.75) is 24.1 Å².